The van der Waals surface area contributed by atoms with E-state index in [0.717, 1.165) is 32.2 Å². The van der Waals surface area contributed by atoms with E-state index >= 15 is 0 Å². The Hall–Kier alpha value is -0.870. The maximum atomic E-state index is 5.98. The van der Waals surface area contributed by atoms with E-state index in [-0.39, 0.29) is 0 Å². The Morgan fingerprint density at radius 1 is 1.44 bits per heavy atom. The molecule has 0 saturated heterocycles. The van der Waals surface area contributed by atoms with Crippen LogP contribution in [0.3, 0.4) is 0 Å². The number of benzene rings is 1. The molecule has 2 N–H and O–H groups in total. The number of thiazole rings is 1. The lowest BCUT2D eigenvalue weighted by Crippen LogP contribution is -1.87. The van der Waals surface area contributed by atoms with Gasteiger partial charge in [-0.15, -0.1) is 11.3 Å². The monoisotopic (exact) mass is 296 g/mol. The summed E-state index contributed by atoms with van der Waals surface area (Å²) >= 11 is 5.06. The van der Waals surface area contributed by atoms with Gasteiger partial charge in [-0.3, -0.25) is 0 Å². The van der Waals surface area contributed by atoms with E-state index in [9.17, 15) is 0 Å². The van der Waals surface area contributed by atoms with Crippen LogP contribution >= 0.6 is 27.3 Å². The number of hydrogen-bond donors (Lipinski definition) is 1. The Labute approximate surface area is 108 Å². The van der Waals surface area contributed by atoms with Crippen molar-refractivity contribution in [2.24, 2.45) is 0 Å². The van der Waals surface area contributed by atoms with Crippen molar-refractivity contribution in [2.75, 3.05) is 5.73 Å². The molecule has 1 heterocycles. The molecule has 2 rings (SSSR count). The molecule has 0 bridgehead atoms. The summed E-state index contributed by atoms with van der Waals surface area (Å²) in [6.07, 6.45) is 0.935. The van der Waals surface area contributed by atoms with Gasteiger partial charge in [0.25, 0.3) is 0 Å². The van der Waals surface area contributed by atoms with E-state index in [0.29, 0.717) is 0 Å². The highest BCUT2D eigenvalue weighted by Crippen LogP contribution is 2.32. The second kappa shape index (κ2) is 4.55. The zero-order valence-corrected chi connectivity index (χ0v) is 11.7. The van der Waals surface area contributed by atoms with Gasteiger partial charge in [-0.2, -0.15) is 0 Å². The molecule has 0 aliphatic rings. The molecule has 1 aromatic heterocycles. The van der Waals surface area contributed by atoms with Crippen molar-refractivity contribution < 1.29 is 0 Å². The summed E-state index contributed by atoms with van der Waals surface area (Å²) in [5.41, 5.74) is 9.18. The lowest BCUT2D eigenvalue weighted by atomic mass is 10.1. The van der Waals surface area contributed by atoms with E-state index in [1.54, 1.807) is 11.3 Å². The van der Waals surface area contributed by atoms with Crippen LogP contribution < -0.4 is 5.73 Å². The van der Waals surface area contributed by atoms with Crippen LogP contribution in [0.4, 0.5) is 5.00 Å². The predicted octanol–water partition coefficient (Wildman–Crippen LogP) is 4.03. The first-order valence-electron chi connectivity index (χ1n) is 5.13. The Morgan fingerprint density at radius 3 is 2.75 bits per heavy atom. The Kier molecular flexibility index (Phi) is 3.30. The van der Waals surface area contributed by atoms with Crippen LogP contribution in [0.1, 0.15) is 17.5 Å². The molecular weight excluding hydrogens is 284 g/mol. The maximum absolute atomic E-state index is 5.98. The molecule has 0 spiro atoms. The van der Waals surface area contributed by atoms with E-state index in [1.165, 1.54) is 5.56 Å². The molecule has 4 heteroatoms. The van der Waals surface area contributed by atoms with Gasteiger partial charge in [0.05, 0.1) is 5.01 Å². The molecule has 0 unspecified atom stereocenters. The van der Waals surface area contributed by atoms with E-state index in [4.69, 9.17) is 5.73 Å². The highest BCUT2D eigenvalue weighted by Gasteiger charge is 2.10. The molecule has 0 atom stereocenters. The third-order valence-corrected chi connectivity index (χ3v) is 4.35. The van der Waals surface area contributed by atoms with Gasteiger partial charge in [-0.1, -0.05) is 28.9 Å². The summed E-state index contributed by atoms with van der Waals surface area (Å²) in [4.78, 5) is 4.55. The summed E-state index contributed by atoms with van der Waals surface area (Å²) in [7, 11) is 0. The van der Waals surface area contributed by atoms with Crippen molar-refractivity contribution >= 4 is 32.3 Å². The molecule has 2 nitrogen and oxygen atoms in total. The lowest BCUT2D eigenvalue weighted by Gasteiger charge is -2.02. The Balaban J connectivity index is 2.49. The molecule has 0 aliphatic heterocycles. The zero-order valence-electron chi connectivity index (χ0n) is 9.25. The fraction of sp³-hybridized carbons (Fsp3) is 0.250. The highest BCUT2D eigenvalue weighted by atomic mass is 79.9. The third-order valence-electron chi connectivity index (χ3n) is 2.43. The lowest BCUT2D eigenvalue weighted by molar-refractivity contribution is 1.10. The summed E-state index contributed by atoms with van der Waals surface area (Å²) in [5.74, 6) is 0. The predicted molar refractivity (Wildman–Crippen MR) is 73.8 cm³/mol. The number of aromatic nitrogens is 1. The first-order valence-corrected chi connectivity index (χ1v) is 6.74. The SMILES string of the molecule is CCc1nc(-c2ccc(Br)c(C)c2)c(N)s1. The van der Waals surface area contributed by atoms with E-state index in [1.807, 2.05) is 12.1 Å². The van der Waals surface area contributed by atoms with Crippen LogP contribution in [0, 0.1) is 6.92 Å². The fourth-order valence-electron chi connectivity index (χ4n) is 1.53. The van der Waals surface area contributed by atoms with E-state index < -0.39 is 0 Å². The number of anilines is 1. The summed E-state index contributed by atoms with van der Waals surface area (Å²) in [5, 5.41) is 1.90. The van der Waals surface area contributed by atoms with Gasteiger partial charge >= 0.3 is 0 Å². The summed E-state index contributed by atoms with van der Waals surface area (Å²) < 4.78 is 1.11. The number of nitrogen functional groups attached to an aromatic ring is 1. The summed E-state index contributed by atoms with van der Waals surface area (Å²) in [6.45, 7) is 4.16. The third kappa shape index (κ3) is 2.13. The maximum Gasteiger partial charge on any atom is 0.114 e. The topological polar surface area (TPSA) is 38.9 Å². The van der Waals surface area contributed by atoms with Crippen molar-refractivity contribution in [3.63, 3.8) is 0 Å². The van der Waals surface area contributed by atoms with Gasteiger partial charge < -0.3 is 5.73 Å². The number of nitrogens with two attached hydrogens (primary N) is 1. The van der Waals surface area contributed by atoms with Crippen LogP contribution in [0.25, 0.3) is 11.3 Å². The van der Waals surface area contributed by atoms with Crippen LogP contribution in [0.2, 0.25) is 0 Å². The zero-order chi connectivity index (χ0) is 11.7. The molecule has 0 aliphatic carbocycles. The molecule has 16 heavy (non-hydrogen) atoms. The van der Waals surface area contributed by atoms with Gasteiger partial charge in [-0.05, 0) is 31.0 Å². The molecule has 0 radical (unpaired) electrons. The first-order chi connectivity index (χ1) is 7.61. The second-order valence-corrected chi connectivity index (χ2v) is 5.61. The molecule has 0 amide bonds. The number of aryl methyl sites for hydroxylation is 2. The largest absolute Gasteiger partial charge is 0.389 e. The quantitative estimate of drug-likeness (QED) is 0.909. The van der Waals surface area contributed by atoms with Gasteiger partial charge in [0.2, 0.25) is 0 Å². The second-order valence-electron chi connectivity index (χ2n) is 3.64. The highest BCUT2D eigenvalue weighted by molar-refractivity contribution is 9.10. The van der Waals surface area contributed by atoms with Crippen LogP contribution in [-0.2, 0) is 6.42 Å². The normalized spacial score (nSPS) is 10.7. The Morgan fingerprint density at radius 2 is 2.19 bits per heavy atom. The summed E-state index contributed by atoms with van der Waals surface area (Å²) in [6, 6.07) is 6.19. The number of nitrogens with zero attached hydrogens (tertiary/aromatic N) is 1. The van der Waals surface area contributed by atoms with Crippen molar-refractivity contribution in [1.29, 1.82) is 0 Å². The number of hydrogen-bond acceptors (Lipinski definition) is 3. The molecule has 1 aromatic carbocycles. The van der Waals surface area contributed by atoms with Crippen LogP contribution in [-0.4, -0.2) is 4.98 Å². The first kappa shape index (κ1) is 11.6. The average molecular weight is 297 g/mol. The van der Waals surface area contributed by atoms with Gasteiger partial charge in [-0.25, -0.2) is 4.98 Å². The van der Waals surface area contributed by atoms with E-state index in [2.05, 4.69) is 40.8 Å². The van der Waals surface area contributed by atoms with Crippen molar-refractivity contribution in [3.05, 3.63) is 33.2 Å². The fourth-order valence-corrected chi connectivity index (χ4v) is 2.57. The minimum atomic E-state index is 0.804. The van der Waals surface area contributed by atoms with Gasteiger partial charge in [0.15, 0.2) is 0 Å². The standard InChI is InChI=1S/C12H13BrN2S/c1-3-10-15-11(12(14)16-10)8-4-5-9(13)7(2)6-8/h4-6H,3,14H2,1-2H3. The average Bonchev–Trinajstić information content (AvgIpc) is 2.64. The number of rotatable bonds is 2. The van der Waals surface area contributed by atoms with Crippen LogP contribution in [0.15, 0.2) is 22.7 Å². The minimum absolute atomic E-state index is 0.804. The smallest absolute Gasteiger partial charge is 0.114 e. The molecule has 0 saturated carbocycles. The Bertz CT molecular complexity index is 520. The van der Waals surface area contributed by atoms with Gasteiger partial charge in [0.1, 0.15) is 10.7 Å². The van der Waals surface area contributed by atoms with Crippen molar-refractivity contribution in [1.82, 2.24) is 4.98 Å². The molecular formula is C12H13BrN2S. The van der Waals surface area contributed by atoms with Gasteiger partial charge in [0, 0.05) is 10.0 Å². The van der Waals surface area contributed by atoms with Crippen molar-refractivity contribution in [2.45, 2.75) is 20.3 Å². The molecule has 2 aromatic rings. The number of halogens is 1. The molecule has 84 valence electrons. The van der Waals surface area contributed by atoms with Crippen LogP contribution in [0.5, 0.6) is 0 Å². The molecule has 0 fully saturated rings. The minimum Gasteiger partial charge on any atom is -0.389 e. The van der Waals surface area contributed by atoms with Crippen molar-refractivity contribution in [3.8, 4) is 11.3 Å².